The van der Waals surface area contributed by atoms with Gasteiger partial charge in [-0.3, -0.25) is 20.4 Å². The van der Waals surface area contributed by atoms with E-state index >= 15 is 0 Å². The fraction of sp³-hybridized carbons (Fsp3) is 0.300. The maximum atomic E-state index is 13.5. The molecule has 2 aromatic carbocycles. The Morgan fingerprint density at radius 3 is 2.48 bits per heavy atom. The molecule has 2 amide bonds. The first kappa shape index (κ1) is 20.2. The number of carbonyl (C=O) groups excluding carboxylic acids is 2. The summed E-state index contributed by atoms with van der Waals surface area (Å²) >= 11 is 0. The summed E-state index contributed by atoms with van der Waals surface area (Å²) < 4.78 is 24.4. The van der Waals surface area contributed by atoms with Crippen molar-refractivity contribution in [1.82, 2.24) is 10.9 Å². The summed E-state index contributed by atoms with van der Waals surface area (Å²) in [5, 5.41) is 0. The zero-order valence-corrected chi connectivity index (χ0v) is 15.5. The number of rotatable bonds is 7. The molecule has 6 nitrogen and oxygen atoms in total. The molecule has 0 saturated heterocycles. The number of methoxy groups -OCH3 is 1. The molecule has 0 heterocycles. The van der Waals surface area contributed by atoms with Gasteiger partial charge in [-0.05, 0) is 50.1 Å². The monoisotopic (exact) mass is 374 g/mol. The molecule has 0 fully saturated rings. The number of aryl methyl sites for hydroxylation is 1. The van der Waals surface area contributed by atoms with E-state index in [9.17, 15) is 14.0 Å². The number of hydrogen-bond donors (Lipinski definition) is 2. The average molecular weight is 374 g/mol. The van der Waals surface area contributed by atoms with Gasteiger partial charge in [-0.2, -0.15) is 0 Å². The van der Waals surface area contributed by atoms with E-state index in [2.05, 4.69) is 10.9 Å². The Morgan fingerprint density at radius 2 is 1.81 bits per heavy atom. The van der Waals surface area contributed by atoms with Gasteiger partial charge in [0.1, 0.15) is 5.82 Å². The molecule has 0 radical (unpaired) electrons. The number of amides is 2. The summed E-state index contributed by atoms with van der Waals surface area (Å²) in [4.78, 5) is 24.1. The Labute approximate surface area is 157 Å². The Hall–Kier alpha value is -3.09. The molecule has 0 bridgehead atoms. The minimum Gasteiger partial charge on any atom is -0.493 e. The Kier molecular flexibility index (Phi) is 7.16. The topological polar surface area (TPSA) is 76.7 Å². The van der Waals surface area contributed by atoms with E-state index in [4.69, 9.17) is 9.47 Å². The summed E-state index contributed by atoms with van der Waals surface area (Å²) in [5.74, 6) is -0.327. The van der Waals surface area contributed by atoms with Crippen LogP contribution >= 0.6 is 0 Å². The lowest BCUT2D eigenvalue weighted by molar-refractivity contribution is -0.121. The van der Waals surface area contributed by atoms with Crippen molar-refractivity contribution in [3.05, 3.63) is 59.4 Å². The van der Waals surface area contributed by atoms with E-state index in [0.717, 1.165) is 0 Å². The highest BCUT2D eigenvalue weighted by molar-refractivity contribution is 5.96. The van der Waals surface area contributed by atoms with Crippen LogP contribution in [0.4, 0.5) is 4.39 Å². The van der Waals surface area contributed by atoms with Gasteiger partial charge < -0.3 is 9.47 Å². The second kappa shape index (κ2) is 9.56. The van der Waals surface area contributed by atoms with Crippen molar-refractivity contribution in [3.63, 3.8) is 0 Å². The quantitative estimate of drug-likeness (QED) is 0.731. The highest BCUT2D eigenvalue weighted by Crippen LogP contribution is 2.28. The van der Waals surface area contributed by atoms with Crippen molar-refractivity contribution in [2.24, 2.45) is 0 Å². The van der Waals surface area contributed by atoms with Gasteiger partial charge in [0.05, 0.1) is 13.2 Å². The molecule has 144 valence electrons. The lowest BCUT2D eigenvalue weighted by atomic mass is 10.1. The van der Waals surface area contributed by atoms with Gasteiger partial charge in [0.2, 0.25) is 5.91 Å². The minimum absolute atomic E-state index is 0.0349. The lowest BCUT2D eigenvalue weighted by Gasteiger charge is -2.14. The fourth-order valence-electron chi connectivity index (χ4n) is 2.37. The molecule has 2 aromatic rings. The normalized spacial score (nSPS) is 10.4. The molecule has 7 heteroatoms. The van der Waals surface area contributed by atoms with E-state index in [1.54, 1.807) is 30.3 Å². The molecule has 2 N–H and O–H groups in total. The first-order chi connectivity index (χ1) is 12.9. The van der Waals surface area contributed by atoms with Crippen LogP contribution in [0.3, 0.4) is 0 Å². The number of hydrogen-bond acceptors (Lipinski definition) is 4. The maximum Gasteiger partial charge on any atom is 0.269 e. The van der Waals surface area contributed by atoms with Crippen molar-refractivity contribution >= 4 is 11.8 Å². The van der Waals surface area contributed by atoms with Crippen LogP contribution in [-0.2, 0) is 11.2 Å². The Morgan fingerprint density at radius 1 is 1.07 bits per heavy atom. The summed E-state index contributed by atoms with van der Waals surface area (Å²) in [7, 11) is 1.48. The number of nitrogens with one attached hydrogen (secondary N) is 2. The van der Waals surface area contributed by atoms with Crippen LogP contribution in [0, 0.1) is 5.82 Å². The third-order valence-corrected chi connectivity index (χ3v) is 3.68. The summed E-state index contributed by atoms with van der Waals surface area (Å²) in [6.45, 7) is 3.77. The highest BCUT2D eigenvalue weighted by Gasteiger charge is 2.13. The van der Waals surface area contributed by atoms with Gasteiger partial charge in [0.15, 0.2) is 11.5 Å². The molecule has 2 rings (SSSR count). The molecule has 0 aliphatic carbocycles. The van der Waals surface area contributed by atoms with E-state index < -0.39 is 11.8 Å². The predicted molar refractivity (Wildman–Crippen MR) is 99.1 cm³/mol. The van der Waals surface area contributed by atoms with Gasteiger partial charge in [-0.1, -0.05) is 18.2 Å². The third-order valence-electron chi connectivity index (χ3n) is 3.68. The average Bonchev–Trinajstić information content (AvgIpc) is 2.65. The number of hydrazine groups is 1. The van der Waals surface area contributed by atoms with E-state index in [0.29, 0.717) is 22.6 Å². The molecule has 0 unspecified atom stereocenters. The molecule has 27 heavy (non-hydrogen) atoms. The predicted octanol–water partition coefficient (Wildman–Crippen LogP) is 3.02. The molecule has 0 aromatic heterocycles. The largest absolute Gasteiger partial charge is 0.493 e. The van der Waals surface area contributed by atoms with Gasteiger partial charge in [0.25, 0.3) is 5.91 Å². The first-order valence-corrected chi connectivity index (χ1v) is 8.58. The Bertz CT molecular complexity index is 808. The van der Waals surface area contributed by atoms with E-state index in [1.165, 1.54) is 19.2 Å². The van der Waals surface area contributed by atoms with Crippen LogP contribution in [0.15, 0.2) is 42.5 Å². The standard InChI is InChI=1S/C20H23FN2O4/c1-13(2)27-17-10-8-15(12-18(17)26-3)20(25)23-22-19(24)11-9-14-6-4-5-7-16(14)21/h4-8,10,12-13H,9,11H2,1-3H3,(H,22,24)(H,23,25). The van der Waals surface area contributed by atoms with Crippen molar-refractivity contribution in [2.45, 2.75) is 32.8 Å². The van der Waals surface area contributed by atoms with Crippen LogP contribution in [-0.4, -0.2) is 25.0 Å². The van der Waals surface area contributed by atoms with E-state index in [1.807, 2.05) is 13.8 Å². The number of ether oxygens (including phenoxy) is 2. The van der Waals surface area contributed by atoms with Crippen LogP contribution < -0.4 is 20.3 Å². The second-order valence-corrected chi connectivity index (χ2v) is 6.13. The highest BCUT2D eigenvalue weighted by atomic mass is 19.1. The molecular formula is C20H23FN2O4. The van der Waals surface area contributed by atoms with Gasteiger partial charge >= 0.3 is 0 Å². The molecular weight excluding hydrogens is 351 g/mol. The first-order valence-electron chi connectivity index (χ1n) is 8.58. The third kappa shape index (κ3) is 5.99. The molecule has 0 saturated carbocycles. The van der Waals surface area contributed by atoms with Crippen LogP contribution in [0.5, 0.6) is 11.5 Å². The van der Waals surface area contributed by atoms with Crippen molar-refractivity contribution in [3.8, 4) is 11.5 Å². The van der Waals surface area contributed by atoms with Gasteiger partial charge in [0, 0.05) is 12.0 Å². The van der Waals surface area contributed by atoms with Crippen LogP contribution in [0.1, 0.15) is 36.2 Å². The maximum absolute atomic E-state index is 13.5. The van der Waals surface area contributed by atoms with Crippen molar-refractivity contribution < 1.29 is 23.5 Å². The number of halogens is 1. The lowest BCUT2D eigenvalue weighted by Crippen LogP contribution is -2.41. The molecule has 0 aliphatic heterocycles. The van der Waals surface area contributed by atoms with Gasteiger partial charge in [-0.15, -0.1) is 0 Å². The summed E-state index contributed by atoms with van der Waals surface area (Å²) in [6.07, 6.45) is 0.252. The van der Waals surface area contributed by atoms with Crippen molar-refractivity contribution in [2.75, 3.05) is 7.11 Å². The number of benzene rings is 2. The van der Waals surface area contributed by atoms with Crippen molar-refractivity contribution in [1.29, 1.82) is 0 Å². The SMILES string of the molecule is COc1cc(C(=O)NNC(=O)CCc2ccccc2F)ccc1OC(C)C. The molecule has 0 aliphatic rings. The molecule has 0 atom stereocenters. The Balaban J connectivity index is 1.89. The minimum atomic E-state index is -0.497. The summed E-state index contributed by atoms with van der Waals surface area (Å²) in [5.41, 5.74) is 5.41. The smallest absolute Gasteiger partial charge is 0.269 e. The van der Waals surface area contributed by atoms with Crippen LogP contribution in [0.2, 0.25) is 0 Å². The molecule has 0 spiro atoms. The fourth-order valence-corrected chi connectivity index (χ4v) is 2.37. The number of carbonyl (C=O) groups is 2. The zero-order valence-electron chi connectivity index (χ0n) is 15.5. The van der Waals surface area contributed by atoms with Crippen LogP contribution in [0.25, 0.3) is 0 Å². The zero-order chi connectivity index (χ0) is 19.8. The second-order valence-electron chi connectivity index (χ2n) is 6.13. The summed E-state index contributed by atoms with van der Waals surface area (Å²) in [6, 6.07) is 11.0. The van der Waals surface area contributed by atoms with Gasteiger partial charge in [-0.25, -0.2) is 4.39 Å². The van der Waals surface area contributed by atoms with E-state index in [-0.39, 0.29) is 24.8 Å².